The first-order chi connectivity index (χ1) is 12.1. The Morgan fingerprint density at radius 2 is 1.73 bits per heavy atom. The van der Waals surface area contributed by atoms with Crippen molar-refractivity contribution in [1.29, 1.82) is 0 Å². The van der Waals surface area contributed by atoms with Crippen molar-refractivity contribution < 1.29 is 13.3 Å². The van der Waals surface area contributed by atoms with Gasteiger partial charge < -0.3 is 5.32 Å². The maximum atomic E-state index is 12.3. The van der Waals surface area contributed by atoms with Gasteiger partial charge in [0.05, 0.1) is 9.82 Å². The van der Waals surface area contributed by atoms with Gasteiger partial charge in [-0.25, -0.2) is 13.1 Å². The van der Waals surface area contributed by atoms with E-state index in [0.29, 0.717) is 0 Å². The van der Waals surface area contributed by atoms with Crippen molar-refractivity contribution in [3.05, 3.63) is 63.7 Å². The van der Waals surface area contributed by atoms with Crippen LogP contribution in [0.25, 0.3) is 0 Å². The standard InChI is InChI=1S/C18H23N3O4S/c1-12(2)20-26(24,25)15-9-10-17(18(11-15)21(22)23)19-14(4)16-8-6-5-7-13(16)3/h5-12,14,19-20H,1-4H3/t14-/m1/s1. The number of benzene rings is 2. The molecule has 0 aliphatic carbocycles. The van der Waals surface area contributed by atoms with Crippen LogP contribution in [-0.4, -0.2) is 19.4 Å². The number of nitrogens with zero attached hydrogens (tertiary/aromatic N) is 1. The van der Waals surface area contributed by atoms with Gasteiger partial charge in [0, 0.05) is 18.2 Å². The molecule has 8 heteroatoms. The monoisotopic (exact) mass is 377 g/mol. The second-order valence-corrected chi connectivity index (χ2v) is 8.15. The fourth-order valence-corrected chi connectivity index (χ4v) is 3.98. The minimum Gasteiger partial charge on any atom is -0.373 e. The third-order valence-corrected chi connectivity index (χ3v) is 5.55. The van der Waals surface area contributed by atoms with Crippen LogP contribution < -0.4 is 10.0 Å². The number of nitro benzene ring substituents is 1. The highest BCUT2D eigenvalue weighted by atomic mass is 32.2. The van der Waals surface area contributed by atoms with E-state index in [1.54, 1.807) is 13.8 Å². The summed E-state index contributed by atoms with van der Waals surface area (Å²) in [6.45, 7) is 7.24. The zero-order chi connectivity index (χ0) is 19.5. The van der Waals surface area contributed by atoms with Crippen molar-refractivity contribution in [3.8, 4) is 0 Å². The van der Waals surface area contributed by atoms with Crippen LogP contribution in [0.15, 0.2) is 47.4 Å². The van der Waals surface area contributed by atoms with Gasteiger partial charge in [0.25, 0.3) is 5.69 Å². The number of aryl methyl sites for hydroxylation is 1. The SMILES string of the molecule is Cc1ccccc1[C@@H](C)Nc1ccc(S(=O)(=O)NC(C)C)cc1[N+](=O)[O-]. The van der Waals surface area contributed by atoms with E-state index in [-0.39, 0.29) is 28.4 Å². The number of anilines is 1. The minimum atomic E-state index is -3.80. The number of hydrogen-bond acceptors (Lipinski definition) is 5. The predicted molar refractivity (Wildman–Crippen MR) is 102 cm³/mol. The summed E-state index contributed by atoms with van der Waals surface area (Å²) in [5.41, 5.74) is 2.07. The van der Waals surface area contributed by atoms with E-state index in [4.69, 9.17) is 0 Å². The minimum absolute atomic E-state index is 0.132. The van der Waals surface area contributed by atoms with Crippen molar-refractivity contribution in [2.24, 2.45) is 0 Å². The summed E-state index contributed by atoms with van der Waals surface area (Å²) >= 11 is 0. The second kappa shape index (κ2) is 7.84. The number of nitro groups is 1. The normalized spacial score (nSPS) is 12.8. The average molecular weight is 377 g/mol. The molecule has 140 valence electrons. The van der Waals surface area contributed by atoms with Crippen LogP contribution in [0.5, 0.6) is 0 Å². The summed E-state index contributed by atoms with van der Waals surface area (Å²) in [7, 11) is -3.80. The number of hydrogen-bond donors (Lipinski definition) is 2. The molecule has 0 saturated carbocycles. The predicted octanol–water partition coefficient (Wildman–Crippen LogP) is 3.76. The molecule has 0 unspecified atom stereocenters. The molecular formula is C18H23N3O4S. The Morgan fingerprint density at radius 3 is 2.31 bits per heavy atom. The molecule has 0 aromatic heterocycles. The third kappa shape index (κ3) is 4.59. The van der Waals surface area contributed by atoms with Crippen LogP contribution in [0.3, 0.4) is 0 Å². The molecule has 0 fully saturated rings. The van der Waals surface area contributed by atoms with E-state index >= 15 is 0 Å². The quantitative estimate of drug-likeness (QED) is 0.565. The molecule has 0 bridgehead atoms. The second-order valence-electron chi connectivity index (χ2n) is 6.43. The molecule has 0 spiro atoms. The molecule has 2 aromatic carbocycles. The largest absolute Gasteiger partial charge is 0.373 e. The van der Waals surface area contributed by atoms with Crippen LogP contribution >= 0.6 is 0 Å². The van der Waals surface area contributed by atoms with E-state index in [2.05, 4.69) is 10.0 Å². The van der Waals surface area contributed by atoms with Gasteiger partial charge in [-0.3, -0.25) is 10.1 Å². The summed E-state index contributed by atoms with van der Waals surface area (Å²) in [5.74, 6) is 0. The average Bonchev–Trinajstić information content (AvgIpc) is 2.53. The Hall–Kier alpha value is -2.45. The molecule has 0 amide bonds. The Kier molecular flexibility index (Phi) is 5.99. The highest BCUT2D eigenvalue weighted by Gasteiger charge is 2.23. The van der Waals surface area contributed by atoms with Crippen molar-refractivity contribution in [1.82, 2.24) is 4.72 Å². The van der Waals surface area contributed by atoms with E-state index in [9.17, 15) is 18.5 Å². The van der Waals surface area contributed by atoms with Crippen molar-refractivity contribution in [2.75, 3.05) is 5.32 Å². The molecule has 2 aromatic rings. The zero-order valence-corrected chi connectivity index (χ0v) is 16.0. The highest BCUT2D eigenvalue weighted by molar-refractivity contribution is 7.89. The number of rotatable bonds is 7. The van der Waals surface area contributed by atoms with Crippen LogP contribution in [-0.2, 0) is 10.0 Å². The van der Waals surface area contributed by atoms with Gasteiger partial charge in [-0.05, 0) is 51.0 Å². The number of sulfonamides is 1. The third-order valence-electron chi connectivity index (χ3n) is 3.89. The van der Waals surface area contributed by atoms with E-state index in [0.717, 1.165) is 17.2 Å². The number of nitrogens with one attached hydrogen (secondary N) is 2. The molecule has 0 aliphatic rings. The molecule has 0 heterocycles. The van der Waals surface area contributed by atoms with E-state index < -0.39 is 14.9 Å². The smallest absolute Gasteiger partial charge is 0.293 e. The van der Waals surface area contributed by atoms with Crippen LogP contribution in [0.1, 0.15) is 37.9 Å². The lowest BCUT2D eigenvalue weighted by atomic mass is 10.0. The molecule has 1 atom stereocenters. The van der Waals surface area contributed by atoms with Gasteiger partial charge in [0.15, 0.2) is 0 Å². The molecule has 26 heavy (non-hydrogen) atoms. The molecular weight excluding hydrogens is 354 g/mol. The van der Waals surface area contributed by atoms with Crippen molar-refractivity contribution in [2.45, 2.75) is 44.7 Å². The molecule has 2 N–H and O–H groups in total. The summed E-state index contributed by atoms with van der Waals surface area (Å²) < 4.78 is 27.0. The summed E-state index contributed by atoms with van der Waals surface area (Å²) in [6, 6.07) is 11.1. The summed E-state index contributed by atoms with van der Waals surface area (Å²) in [5, 5.41) is 14.6. The molecule has 2 rings (SSSR count). The summed E-state index contributed by atoms with van der Waals surface area (Å²) in [6.07, 6.45) is 0. The Balaban J connectivity index is 2.38. The van der Waals surface area contributed by atoms with Gasteiger partial charge in [-0.15, -0.1) is 0 Å². The van der Waals surface area contributed by atoms with Crippen molar-refractivity contribution in [3.63, 3.8) is 0 Å². The highest BCUT2D eigenvalue weighted by Crippen LogP contribution is 2.31. The topological polar surface area (TPSA) is 101 Å². The summed E-state index contributed by atoms with van der Waals surface area (Å²) in [4.78, 5) is 10.7. The Morgan fingerprint density at radius 1 is 1.08 bits per heavy atom. The van der Waals surface area contributed by atoms with E-state index in [1.165, 1.54) is 12.1 Å². The Bertz CT molecular complexity index is 910. The molecule has 0 aliphatic heterocycles. The first-order valence-electron chi connectivity index (χ1n) is 8.24. The van der Waals surface area contributed by atoms with Crippen LogP contribution in [0, 0.1) is 17.0 Å². The Labute approximate surface area is 153 Å². The first kappa shape index (κ1) is 19.9. The van der Waals surface area contributed by atoms with Crippen LogP contribution in [0.2, 0.25) is 0 Å². The van der Waals surface area contributed by atoms with E-state index in [1.807, 2.05) is 38.1 Å². The lowest BCUT2D eigenvalue weighted by Gasteiger charge is -2.18. The maximum absolute atomic E-state index is 12.3. The van der Waals surface area contributed by atoms with Crippen molar-refractivity contribution >= 4 is 21.4 Å². The van der Waals surface area contributed by atoms with Gasteiger partial charge in [-0.2, -0.15) is 0 Å². The lowest BCUT2D eigenvalue weighted by Crippen LogP contribution is -2.30. The molecule has 0 radical (unpaired) electrons. The fraction of sp³-hybridized carbons (Fsp3) is 0.333. The fourth-order valence-electron chi connectivity index (χ4n) is 2.71. The van der Waals surface area contributed by atoms with Crippen LogP contribution in [0.4, 0.5) is 11.4 Å². The van der Waals surface area contributed by atoms with Gasteiger partial charge in [0.1, 0.15) is 5.69 Å². The van der Waals surface area contributed by atoms with Gasteiger partial charge >= 0.3 is 0 Å². The molecule has 7 nitrogen and oxygen atoms in total. The maximum Gasteiger partial charge on any atom is 0.293 e. The zero-order valence-electron chi connectivity index (χ0n) is 15.2. The lowest BCUT2D eigenvalue weighted by molar-refractivity contribution is -0.384. The first-order valence-corrected chi connectivity index (χ1v) is 9.73. The van der Waals surface area contributed by atoms with Gasteiger partial charge in [0.2, 0.25) is 10.0 Å². The molecule has 0 saturated heterocycles. The van der Waals surface area contributed by atoms with Gasteiger partial charge in [-0.1, -0.05) is 24.3 Å².